The van der Waals surface area contributed by atoms with Crippen molar-refractivity contribution in [3.63, 3.8) is 0 Å². The molecule has 0 aliphatic rings. The van der Waals surface area contributed by atoms with E-state index in [4.69, 9.17) is 0 Å². The third kappa shape index (κ3) is 4.50. The van der Waals surface area contributed by atoms with Gasteiger partial charge in [-0.05, 0) is 36.0 Å². The highest BCUT2D eigenvalue weighted by Gasteiger charge is 2.16. The molecule has 0 fully saturated rings. The molecule has 0 radical (unpaired) electrons. The highest BCUT2D eigenvalue weighted by molar-refractivity contribution is 5.84. The number of carbonyl (C=O) groups excluding carboxylic acids is 1. The molecule has 0 saturated carbocycles. The molecular weight excluding hydrogens is 308 g/mol. The van der Waals surface area contributed by atoms with Crippen molar-refractivity contribution in [1.82, 2.24) is 10.3 Å². The number of benzene rings is 2. The minimum atomic E-state index is -0.0388. The van der Waals surface area contributed by atoms with Gasteiger partial charge < -0.3 is 10.3 Å². The molecule has 0 saturated heterocycles. The van der Waals surface area contributed by atoms with E-state index in [9.17, 15) is 4.79 Å². The van der Waals surface area contributed by atoms with Crippen molar-refractivity contribution in [2.24, 2.45) is 11.8 Å². The van der Waals surface area contributed by atoms with E-state index in [1.165, 1.54) is 16.5 Å². The first kappa shape index (κ1) is 17.3. The first-order valence-electron chi connectivity index (χ1n) is 9.00. The Bertz CT molecular complexity index is 822. The number of nitrogens with one attached hydrogen (secondary N) is 2. The number of H-pyrrole nitrogens is 1. The number of fused-ring (bicyclic) bond motifs is 1. The fourth-order valence-corrected chi connectivity index (χ4v) is 3.26. The molecule has 130 valence electrons. The maximum Gasteiger partial charge on any atom is 0.223 e. The maximum absolute atomic E-state index is 12.4. The normalized spacial score (nSPS) is 13.5. The second-order valence-electron chi connectivity index (χ2n) is 7.00. The van der Waals surface area contributed by atoms with Gasteiger partial charge in [0.25, 0.3) is 0 Å². The van der Waals surface area contributed by atoms with E-state index in [1.807, 2.05) is 31.3 Å². The number of rotatable bonds is 7. The van der Waals surface area contributed by atoms with Gasteiger partial charge in [-0.1, -0.05) is 62.4 Å². The summed E-state index contributed by atoms with van der Waals surface area (Å²) in [6, 6.07) is 18.6. The fourth-order valence-electron chi connectivity index (χ4n) is 3.26. The SMILES string of the molecule is CC(CNC(=O)C(C)Cc1c[nH]c2ccccc12)Cc1ccccc1. The Kier molecular flexibility index (Phi) is 5.54. The summed E-state index contributed by atoms with van der Waals surface area (Å²) >= 11 is 0. The van der Waals surface area contributed by atoms with Gasteiger partial charge in [0.1, 0.15) is 0 Å². The van der Waals surface area contributed by atoms with Crippen molar-refractivity contribution >= 4 is 16.8 Å². The van der Waals surface area contributed by atoms with Crippen molar-refractivity contribution in [3.05, 3.63) is 71.9 Å². The average molecular weight is 334 g/mol. The van der Waals surface area contributed by atoms with Gasteiger partial charge in [-0.25, -0.2) is 0 Å². The molecule has 25 heavy (non-hydrogen) atoms. The molecule has 0 aliphatic heterocycles. The Morgan fingerprint density at radius 1 is 1.00 bits per heavy atom. The minimum Gasteiger partial charge on any atom is -0.361 e. The van der Waals surface area contributed by atoms with Gasteiger partial charge in [0.15, 0.2) is 0 Å². The predicted molar refractivity (Wildman–Crippen MR) is 103 cm³/mol. The van der Waals surface area contributed by atoms with Crippen molar-refractivity contribution in [2.45, 2.75) is 26.7 Å². The van der Waals surface area contributed by atoms with Crippen LogP contribution in [0.4, 0.5) is 0 Å². The quantitative estimate of drug-likeness (QED) is 0.663. The van der Waals surface area contributed by atoms with Crippen LogP contribution in [0.2, 0.25) is 0 Å². The zero-order valence-electron chi connectivity index (χ0n) is 15.0. The van der Waals surface area contributed by atoms with E-state index in [-0.39, 0.29) is 11.8 Å². The van der Waals surface area contributed by atoms with Crippen LogP contribution in [0.1, 0.15) is 25.0 Å². The molecule has 2 aromatic carbocycles. The number of aromatic amines is 1. The first-order valence-corrected chi connectivity index (χ1v) is 9.00. The minimum absolute atomic E-state index is 0.0388. The molecule has 2 atom stereocenters. The molecular formula is C22H26N2O. The van der Waals surface area contributed by atoms with Gasteiger partial charge in [-0.2, -0.15) is 0 Å². The Morgan fingerprint density at radius 3 is 2.52 bits per heavy atom. The molecule has 0 bridgehead atoms. The first-order chi connectivity index (χ1) is 12.1. The third-order valence-electron chi connectivity index (χ3n) is 4.70. The topological polar surface area (TPSA) is 44.9 Å². The van der Waals surface area contributed by atoms with Gasteiger partial charge in [0.2, 0.25) is 5.91 Å². The lowest BCUT2D eigenvalue weighted by Gasteiger charge is -2.16. The molecule has 0 aliphatic carbocycles. The molecule has 1 heterocycles. The lowest BCUT2D eigenvalue weighted by Crippen LogP contribution is -2.34. The summed E-state index contributed by atoms with van der Waals surface area (Å²) < 4.78 is 0. The van der Waals surface area contributed by atoms with E-state index >= 15 is 0 Å². The summed E-state index contributed by atoms with van der Waals surface area (Å²) in [6.45, 7) is 4.89. The van der Waals surface area contributed by atoms with Crippen LogP contribution in [0.3, 0.4) is 0 Å². The lowest BCUT2D eigenvalue weighted by molar-refractivity contribution is -0.124. The number of aromatic nitrogens is 1. The highest BCUT2D eigenvalue weighted by atomic mass is 16.1. The Hall–Kier alpha value is -2.55. The summed E-state index contributed by atoms with van der Waals surface area (Å²) in [4.78, 5) is 15.7. The van der Waals surface area contributed by atoms with E-state index in [1.54, 1.807) is 0 Å². The maximum atomic E-state index is 12.4. The van der Waals surface area contributed by atoms with Gasteiger partial charge in [0, 0.05) is 29.6 Å². The molecule has 3 aromatic rings. The van der Waals surface area contributed by atoms with Gasteiger partial charge >= 0.3 is 0 Å². The van der Waals surface area contributed by atoms with Crippen LogP contribution in [-0.2, 0) is 17.6 Å². The molecule has 2 unspecified atom stereocenters. The van der Waals surface area contributed by atoms with E-state index in [2.05, 4.69) is 53.6 Å². The number of para-hydroxylation sites is 1. The monoisotopic (exact) mass is 334 g/mol. The van der Waals surface area contributed by atoms with Crippen molar-refractivity contribution in [2.75, 3.05) is 6.54 Å². The van der Waals surface area contributed by atoms with Crippen LogP contribution in [0, 0.1) is 11.8 Å². The zero-order chi connectivity index (χ0) is 17.6. The van der Waals surface area contributed by atoms with Crippen LogP contribution < -0.4 is 5.32 Å². The van der Waals surface area contributed by atoms with Crippen LogP contribution in [0.25, 0.3) is 10.9 Å². The summed E-state index contributed by atoms with van der Waals surface area (Å²) in [6.07, 6.45) is 3.76. The Labute approximate surface area is 149 Å². The molecule has 1 aromatic heterocycles. The summed E-state index contributed by atoms with van der Waals surface area (Å²) in [7, 11) is 0. The zero-order valence-corrected chi connectivity index (χ0v) is 15.0. The molecule has 3 heteroatoms. The molecule has 2 N–H and O–H groups in total. The van der Waals surface area contributed by atoms with E-state index in [0.717, 1.165) is 18.4 Å². The second kappa shape index (κ2) is 8.02. The molecule has 3 nitrogen and oxygen atoms in total. The van der Waals surface area contributed by atoms with Gasteiger partial charge in [-0.3, -0.25) is 4.79 Å². The Morgan fingerprint density at radius 2 is 1.72 bits per heavy atom. The van der Waals surface area contributed by atoms with Crippen LogP contribution in [0.5, 0.6) is 0 Å². The van der Waals surface area contributed by atoms with Gasteiger partial charge in [0.05, 0.1) is 0 Å². The van der Waals surface area contributed by atoms with Crippen LogP contribution >= 0.6 is 0 Å². The molecule has 1 amide bonds. The van der Waals surface area contributed by atoms with Crippen molar-refractivity contribution < 1.29 is 4.79 Å². The highest BCUT2D eigenvalue weighted by Crippen LogP contribution is 2.20. The fraction of sp³-hybridized carbons (Fsp3) is 0.318. The lowest BCUT2D eigenvalue weighted by atomic mass is 9.98. The van der Waals surface area contributed by atoms with E-state index in [0.29, 0.717) is 12.5 Å². The molecule has 3 rings (SSSR count). The van der Waals surface area contributed by atoms with Crippen molar-refractivity contribution in [3.8, 4) is 0 Å². The smallest absolute Gasteiger partial charge is 0.223 e. The van der Waals surface area contributed by atoms with Crippen LogP contribution in [0.15, 0.2) is 60.8 Å². The number of carbonyl (C=O) groups is 1. The standard InChI is InChI=1S/C22H26N2O/c1-16(12-18-8-4-3-5-9-18)14-24-22(25)17(2)13-19-15-23-21-11-7-6-10-20(19)21/h3-11,15-17,23H,12-14H2,1-2H3,(H,24,25). The van der Waals surface area contributed by atoms with Crippen molar-refractivity contribution in [1.29, 1.82) is 0 Å². The number of hydrogen-bond acceptors (Lipinski definition) is 1. The van der Waals surface area contributed by atoms with Gasteiger partial charge in [-0.15, -0.1) is 0 Å². The number of amides is 1. The summed E-state index contributed by atoms with van der Waals surface area (Å²) in [5, 5.41) is 4.32. The van der Waals surface area contributed by atoms with Crippen LogP contribution in [-0.4, -0.2) is 17.4 Å². The summed E-state index contributed by atoms with van der Waals surface area (Å²) in [5.74, 6) is 0.514. The number of hydrogen-bond donors (Lipinski definition) is 2. The third-order valence-corrected chi connectivity index (χ3v) is 4.70. The summed E-state index contributed by atoms with van der Waals surface area (Å²) in [5.41, 5.74) is 3.65. The second-order valence-corrected chi connectivity index (χ2v) is 7.00. The average Bonchev–Trinajstić information content (AvgIpc) is 3.03. The van der Waals surface area contributed by atoms with E-state index < -0.39 is 0 Å². The predicted octanol–water partition coefficient (Wildman–Crippen LogP) is 4.34. The largest absolute Gasteiger partial charge is 0.361 e. The molecule has 0 spiro atoms. The Balaban J connectivity index is 1.51.